The first-order valence-corrected chi connectivity index (χ1v) is 6.93. The smallest absolute Gasteiger partial charge is 0.337 e. The van der Waals surface area contributed by atoms with E-state index in [4.69, 9.17) is 4.74 Å². The Hall–Kier alpha value is -2.41. The van der Waals surface area contributed by atoms with Gasteiger partial charge in [0.2, 0.25) is 0 Å². The van der Waals surface area contributed by atoms with Crippen LogP contribution in [0.4, 0.5) is 0 Å². The van der Waals surface area contributed by atoms with Crippen LogP contribution < -0.4 is 9.61 Å². The van der Waals surface area contributed by atoms with Crippen molar-refractivity contribution in [2.45, 2.75) is 13.5 Å². The van der Waals surface area contributed by atoms with Crippen LogP contribution in [0.2, 0.25) is 0 Å². The van der Waals surface area contributed by atoms with Crippen LogP contribution in [0.5, 0.6) is 5.75 Å². The Morgan fingerprint density at radius 1 is 1.24 bits per heavy atom. The number of rotatable bonds is 4. The summed E-state index contributed by atoms with van der Waals surface area (Å²) in [5, 5.41) is 1.68. The summed E-state index contributed by atoms with van der Waals surface area (Å²) in [5.74, 6) is -0.716. The molecule has 1 heterocycles. The number of nitrogens with zero attached hydrogens (tertiary/aromatic N) is 1. The average molecular weight is 307 g/mol. The van der Waals surface area contributed by atoms with E-state index >= 15 is 0 Å². The standard InChI is InChI=1S/C14H13NO5S/c1-9-8-21-14(18)15(9)7-12(16)20-11-5-3-10(4-6-11)13(17)19-2/h3-6,8H,7H2,1-2H3. The molecule has 6 nitrogen and oxygen atoms in total. The number of ether oxygens (including phenoxy) is 2. The van der Waals surface area contributed by atoms with Gasteiger partial charge in [0.1, 0.15) is 12.3 Å². The van der Waals surface area contributed by atoms with Crippen LogP contribution in [0.25, 0.3) is 0 Å². The molecule has 0 spiro atoms. The highest BCUT2D eigenvalue weighted by atomic mass is 32.1. The Morgan fingerprint density at radius 3 is 2.43 bits per heavy atom. The normalized spacial score (nSPS) is 10.2. The van der Waals surface area contributed by atoms with Crippen molar-refractivity contribution in [2.24, 2.45) is 0 Å². The van der Waals surface area contributed by atoms with Gasteiger partial charge in [0, 0.05) is 11.1 Å². The van der Waals surface area contributed by atoms with E-state index in [9.17, 15) is 14.4 Å². The Morgan fingerprint density at radius 2 is 1.90 bits per heavy atom. The van der Waals surface area contributed by atoms with Gasteiger partial charge in [0.05, 0.1) is 12.7 Å². The highest BCUT2D eigenvalue weighted by molar-refractivity contribution is 7.07. The van der Waals surface area contributed by atoms with Crippen molar-refractivity contribution in [3.05, 3.63) is 50.6 Å². The molecule has 0 aliphatic heterocycles. The second kappa shape index (κ2) is 6.36. The number of aromatic nitrogens is 1. The third-order valence-electron chi connectivity index (χ3n) is 2.77. The van der Waals surface area contributed by atoms with Gasteiger partial charge in [-0.1, -0.05) is 11.3 Å². The molecule has 0 aliphatic rings. The first-order valence-electron chi connectivity index (χ1n) is 6.05. The van der Waals surface area contributed by atoms with Crippen LogP contribution in [0.3, 0.4) is 0 Å². The first kappa shape index (κ1) is 15.0. The molecule has 21 heavy (non-hydrogen) atoms. The molecule has 110 valence electrons. The lowest BCUT2D eigenvalue weighted by molar-refractivity contribution is -0.135. The number of carbonyl (C=O) groups excluding carboxylic acids is 2. The molecule has 0 saturated carbocycles. The second-order valence-corrected chi connectivity index (χ2v) is 5.04. The van der Waals surface area contributed by atoms with Crippen LogP contribution in [0.15, 0.2) is 34.4 Å². The molecule has 7 heteroatoms. The summed E-state index contributed by atoms with van der Waals surface area (Å²) < 4.78 is 11.0. The molecule has 0 fully saturated rings. The van der Waals surface area contributed by atoms with Crippen molar-refractivity contribution >= 4 is 23.3 Å². The fraction of sp³-hybridized carbons (Fsp3) is 0.214. The Labute approximate surface area is 124 Å². The maximum atomic E-state index is 11.8. The Balaban J connectivity index is 2.03. The minimum absolute atomic E-state index is 0.146. The van der Waals surface area contributed by atoms with Crippen molar-refractivity contribution in [1.29, 1.82) is 0 Å². The van der Waals surface area contributed by atoms with Crippen LogP contribution in [-0.4, -0.2) is 23.6 Å². The lowest BCUT2D eigenvalue weighted by Gasteiger charge is -2.06. The average Bonchev–Trinajstić information content (AvgIpc) is 2.79. The molecule has 0 amide bonds. The number of thiazole rings is 1. The lowest BCUT2D eigenvalue weighted by atomic mass is 10.2. The number of esters is 2. The molecule has 1 aromatic heterocycles. The summed E-state index contributed by atoms with van der Waals surface area (Å²) in [4.78, 5) is 34.4. The van der Waals surface area contributed by atoms with Crippen molar-refractivity contribution < 1.29 is 19.1 Å². The number of hydrogen-bond donors (Lipinski definition) is 0. The number of hydrogen-bond acceptors (Lipinski definition) is 6. The number of carbonyl (C=O) groups is 2. The van der Waals surface area contributed by atoms with E-state index in [0.717, 1.165) is 11.3 Å². The third-order valence-corrected chi connectivity index (χ3v) is 3.65. The molecule has 2 rings (SSSR count). The fourth-order valence-corrected chi connectivity index (χ4v) is 2.40. The summed E-state index contributed by atoms with van der Waals surface area (Å²) in [7, 11) is 1.29. The van der Waals surface area contributed by atoms with Gasteiger partial charge in [-0.25, -0.2) is 9.59 Å². The van der Waals surface area contributed by atoms with E-state index in [-0.39, 0.29) is 11.4 Å². The third kappa shape index (κ3) is 3.57. The van der Waals surface area contributed by atoms with E-state index in [1.165, 1.54) is 35.9 Å². The molecule has 0 saturated heterocycles. The zero-order chi connectivity index (χ0) is 15.4. The highest BCUT2D eigenvalue weighted by Gasteiger charge is 2.11. The first-order chi connectivity index (χ1) is 10.0. The van der Waals surface area contributed by atoms with Gasteiger partial charge in [0.15, 0.2) is 0 Å². The molecule has 0 N–H and O–H groups in total. The van der Waals surface area contributed by atoms with Crippen molar-refractivity contribution in [3.63, 3.8) is 0 Å². The highest BCUT2D eigenvalue weighted by Crippen LogP contribution is 2.13. The number of aryl methyl sites for hydroxylation is 1. The molecular formula is C14H13NO5S. The van der Waals surface area contributed by atoms with E-state index < -0.39 is 11.9 Å². The van der Waals surface area contributed by atoms with Crippen LogP contribution in [-0.2, 0) is 16.1 Å². The van der Waals surface area contributed by atoms with Gasteiger partial charge < -0.3 is 9.47 Å². The van der Waals surface area contributed by atoms with E-state index in [0.29, 0.717) is 17.0 Å². The van der Waals surface area contributed by atoms with E-state index in [1.54, 1.807) is 12.3 Å². The predicted octanol–water partition coefficient (Wildman–Crippen LogP) is 1.61. The zero-order valence-electron chi connectivity index (χ0n) is 11.5. The molecule has 0 aliphatic carbocycles. The van der Waals surface area contributed by atoms with Crippen molar-refractivity contribution in [3.8, 4) is 5.75 Å². The van der Waals surface area contributed by atoms with Gasteiger partial charge in [-0.05, 0) is 31.2 Å². The summed E-state index contributed by atoms with van der Waals surface area (Å²) in [6.07, 6.45) is 0. The lowest BCUT2D eigenvalue weighted by Crippen LogP contribution is -2.23. The zero-order valence-corrected chi connectivity index (χ0v) is 12.3. The number of benzene rings is 1. The topological polar surface area (TPSA) is 74.6 Å². The second-order valence-electron chi connectivity index (χ2n) is 4.22. The molecule has 2 aromatic rings. The van der Waals surface area contributed by atoms with Gasteiger partial charge in [-0.3, -0.25) is 9.36 Å². The summed E-state index contributed by atoms with van der Waals surface area (Å²) in [5.41, 5.74) is 1.07. The molecule has 0 atom stereocenters. The van der Waals surface area contributed by atoms with Crippen LogP contribution >= 0.6 is 11.3 Å². The van der Waals surface area contributed by atoms with Crippen LogP contribution in [0.1, 0.15) is 16.1 Å². The van der Waals surface area contributed by atoms with Gasteiger partial charge in [-0.2, -0.15) is 0 Å². The minimum atomic E-state index is -0.551. The van der Waals surface area contributed by atoms with E-state index in [2.05, 4.69) is 4.74 Å². The van der Waals surface area contributed by atoms with Crippen molar-refractivity contribution in [2.75, 3.05) is 7.11 Å². The molecule has 0 bridgehead atoms. The molecule has 0 unspecified atom stereocenters. The van der Waals surface area contributed by atoms with Gasteiger partial charge >= 0.3 is 16.8 Å². The van der Waals surface area contributed by atoms with Gasteiger partial charge in [-0.15, -0.1) is 0 Å². The minimum Gasteiger partial charge on any atom is -0.465 e. The quantitative estimate of drug-likeness (QED) is 0.633. The maximum absolute atomic E-state index is 11.8. The summed E-state index contributed by atoms with van der Waals surface area (Å²) in [6, 6.07) is 5.98. The molecule has 0 radical (unpaired) electrons. The summed E-state index contributed by atoms with van der Waals surface area (Å²) in [6.45, 7) is 1.60. The molecule has 1 aromatic carbocycles. The van der Waals surface area contributed by atoms with E-state index in [1.807, 2.05) is 0 Å². The van der Waals surface area contributed by atoms with Crippen molar-refractivity contribution in [1.82, 2.24) is 4.57 Å². The molecular weight excluding hydrogens is 294 g/mol. The monoisotopic (exact) mass is 307 g/mol. The largest absolute Gasteiger partial charge is 0.465 e. The summed E-state index contributed by atoms with van der Waals surface area (Å²) >= 11 is 1.04. The van der Waals surface area contributed by atoms with Crippen LogP contribution in [0, 0.1) is 6.92 Å². The fourth-order valence-electron chi connectivity index (χ4n) is 1.67. The van der Waals surface area contributed by atoms with Gasteiger partial charge in [0.25, 0.3) is 0 Å². The Kier molecular flexibility index (Phi) is 4.54. The maximum Gasteiger partial charge on any atom is 0.337 e. The Bertz CT molecular complexity index is 714. The predicted molar refractivity (Wildman–Crippen MR) is 76.7 cm³/mol. The number of methoxy groups -OCH3 is 1. The SMILES string of the molecule is COC(=O)c1ccc(OC(=O)Cn2c(C)csc2=O)cc1.